The molecule has 0 spiro atoms. The lowest BCUT2D eigenvalue weighted by atomic mass is 10.1. The average Bonchev–Trinajstić information content (AvgIpc) is 3.04. The molecule has 3 rings (SSSR count). The van der Waals surface area contributed by atoms with Gasteiger partial charge in [-0.1, -0.05) is 18.2 Å². The molecule has 1 aromatic carbocycles. The van der Waals surface area contributed by atoms with Crippen molar-refractivity contribution in [1.29, 1.82) is 0 Å². The molecule has 6 nitrogen and oxygen atoms in total. The number of nitrogens with one attached hydrogen (secondary N) is 1. The quantitative estimate of drug-likeness (QED) is 0.874. The first kappa shape index (κ1) is 16.2. The van der Waals surface area contributed by atoms with E-state index in [1.807, 2.05) is 36.5 Å². The first-order chi connectivity index (χ1) is 11.1. The third-order valence-corrected chi connectivity index (χ3v) is 5.23. The van der Waals surface area contributed by atoms with E-state index in [2.05, 4.69) is 9.82 Å². The minimum atomic E-state index is -3.35. The zero-order valence-corrected chi connectivity index (χ0v) is 13.7. The van der Waals surface area contributed by atoms with Crippen LogP contribution in [0.15, 0.2) is 42.7 Å². The van der Waals surface area contributed by atoms with Crippen LogP contribution in [-0.4, -0.2) is 36.7 Å². The number of ether oxygens (including phenoxy) is 1. The van der Waals surface area contributed by atoms with Gasteiger partial charge in [0.05, 0.1) is 23.7 Å². The highest BCUT2D eigenvalue weighted by molar-refractivity contribution is 7.89. The highest BCUT2D eigenvalue weighted by atomic mass is 32.2. The highest BCUT2D eigenvalue weighted by Gasteiger charge is 2.21. The van der Waals surface area contributed by atoms with Gasteiger partial charge in [0.1, 0.15) is 0 Å². The number of rotatable bonds is 6. The summed E-state index contributed by atoms with van der Waals surface area (Å²) < 4.78 is 34.1. The van der Waals surface area contributed by atoms with Crippen molar-refractivity contribution in [2.75, 3.05) is 12.4 Å². The van der Waals surface area contributed by atoms with Crippen molar-refractivity contribution in [2.45, 2.75) is 31.9 Å². The molecule has 1 aliphatic rings. The Morgan fingerprint density at radius 2 is 2.09 bits per heavy atom. The molecule has 0 aliphatic carbocycles. The van der Waals surface area contributed by atoms with Crippen LogP contribution in [0.4, 0.5) is 0 Å². The smallest absolute Gasteiger partial charge is 0.214 e. The summed E-state index contributed by atoms with van der Waals surface area (Å²) in [6.07, 6.45) is 6.18. The normalized spacial score (nSPS) is 18.9. The largest absolute Gasteiger partial charge is 0.377 e. The van der Waals surface area contributed by atoms with Gasteiger partial charge in [-0.15, -0.1) is 0 Å². The predicted octanol–water partition coefficient (Wildman–Crippen LogP) is 1.86. The fraction of sp³-hybridized carbons (Fsp3) is 0.438. The number of sulfonamides is 1. The molecule has 0 amide bonds. The Bertz CT molecular complexity index is 722. The Morgan fingerprint density at radius 1 is 1.26 bits per heavy atom. The Hall–Kier alpha value is -1.70. The van der Waals surface area contributed by atoms with Crippen LogP contribution in [0, 0.1) is 0 Å². The van der Waals surface area contributed by atoms with Crippen LogP contribution in [-0.2, 0) is 21.3 Å². The van der Waals surface area contributed by atoms with E-state index in [4.69, 9.17) is 4.74 Å². The van der Waals surface area contributed by atoms with Gasteiger partial charge in [0.25, 0.3) is 0 Å². The van der Waals surface area contributed by atoms with E-state index in [0.29, 0.717) is 6.61 Å². The fourth-order valence-corrected chi connectivity index (χ4v) is 3.87. The molecule has 1 saturated heterocycles. The van der Waals surface area contributed by atoms with Gasteiger partial charge in [0.2, 0.25) is 10.0 Å². The maximum atomic E-state index is 12.1. The Morgan fingerprint density at radius 3 is 2.83 bits per heavy atom. The standard InChI is InChI=1S/C16H21N3O3S/c20-23(21,13-16-8-4-5-9-22-16)18-11-14-10-17-19(12-14)15-6-2-1-3-7-15/h1-3,6-7,10,12,16,18H,4-5,8-9,11,13H2. The van der Waals surface area contributed by atoms with Gasteiger partial charge < -0.3 is 4.74 Å². The van der Waals surface area contributed by atoms with E-state index in [0.717, 1.165) is 30.5 Å². The van der Waals surface area contributed by atoms with Crippen molar-refractivity contribution >= 4 is 10.0 Å². The first-order valence-electron chi connectivity index (χ1n) is 7.80. The van der Waals surface area contributed by atoms with E-state index in [9.17, 15) is 8.42 Å². The maximum Gasteiger partial charge on any atom is 0.214 e. The lowest BCUT2D eigenvalue weighted by Gasteiger charge is -2.22. The summed E-state index contributed by atoms with van der Waals surface area (Å²) in [5.74, 6) is 0.0276. The van der Waals surface area contributed by atoms with E-state index >= 15 is 0 Å². The average molecular weight is 335 g/mol. The third kappa shape index (κ3) is 4.63. The third-order valence-electron chi connectivity index (χ3n) is 3.83. The molecule has 2 aromatic rings. The van der Waals surface area contributed by atoms with Gasteiger partial charge in [-0.25, -0.2) is 17.8 Å². The summed E-state index contributed by atoms with van der Waals surface area (Å²) in [5.41, 5.74) is 1.76. The molecule has 0 saturated carbocycles. The van der Waals surface area contributed by atoms with Gasteiger partial charge in [0.15, 0.2) is 0 Å². The molecule has 124 valence electrons. The van der Waals surface area contributed by atoms with Crippen LogP contribution in [0.2, 0.25) is 0 Å². The number of aromatic nitrogens is 2. The number of hydrogen-bond acceptors (Lipinski definition) is 4. The zero-order chi connectivity index (χ0) is 16.1. The van der Waals surface area contributed by atoms with Crippen LogP contribution in [0.25, 0.3) is 5.69 Å². The molecule has 0 bridgehead atoms. The second-order valence-corrected chi connectivity index (χ2v) is 7.57. The topological polar surface area (TPSA) is 73.2 Å². The Labute approximate surface area is 136 Å². The maximum absolute atomic E-state index is 12.1. The molecule has 2 heterocycles. The van der Waals surface area contributed by atoms with Crippen molar-refractivity contribution in [3.05, 3.63) is 48.3 Å². The van der Waals surface area contributed by atoms with Gasteiger partial charge in [-0.2, -0.15) is 5.10 Å². The second-order valence-electron chi connectivity index (χ2n) is 5.72. The van der Waals surface area contributed by atoms with Crippen molar-refractivity contribution in [1.82, 2.24) is 14.5 Å². The summed E-state index contributed by atoms with van der Waals surface area (Å²) in [4.78, 5) is 0. The van der Waals surface area contributed by atoms with Crippen molar-refractivity contribution in [3.8, 4) is 5.69 Å². The minimum Gasteiger partial charge on any atom is -0.377 e. The predicted molar refractivity (Wildman–Crippen MR) is 87.8 cm³/mol. The summed E-state index contributed by atoms with van der Waals surface area (Å²) in [7, 11) is -3.35. The van der Waals surface area contributed by atoms with Gasteiger partial charge in [-0.05, 0) is 31.4 Å². The van der Waals surface area contributed by atoms with Crippen LogP contribution in [0.3, 0.4) is 0 Å². The summed E-state index contributed by atoms with van der Waals surface area (Å²) >= 11 is 0. The summed E-state index contributed by atoms with van der Waals surface area (Å²) in [6, 6.07) is 9.70. The lowest BCUT2D eigenvalue weighted by molar-refractivity contribution is 0.0304. The minimum absolute atomic E-state index is 0.0276. The molecule has 1 N–H and O–H groups in total. The zero-order valence-electron chi connectivity index (χ0n) is 12.9. The molecule has 1 aromatic heterocycles. The van der Waals surface area contributed by atoms with Crippen LogP contribution >= 0.6 is 0 Å². The molecular formula is C16H21N3O3S. The number of hydrogen-bond donors (Lipinski definition) is 1. The van der Waals surface area contributed by atoms with Gasteiger partial charge >= 0.3 is 0 Å². The van der Waals surface area contributed by atoms with E-state index < -0.39 is 10.0 Å². The van der Waals surface area contributed by atoms with Crippen LogP contribution in [0.5, 0.6) is 0 Å². The molecule has 23 heavy (non-hydrogen) atoms. The molecule has 1 fully saturated rings. The van der Waals surface area contributed by atoms with Crippen molar-refractivity contribution in [2.24, 2.45) is 0 Å². The molecule has 0 radical (unpaired) electrons. The molecular weight excluding hydrogens is 314 g/mol. The molecule has 7 heteroatoms. The molecule has 1 unspecified atom stereocenters. The van der Waals surface area contributed by atoms with Gasteiger partial charge in [-0.3, -0.25) is 0 Å². The van der Waals surface area contributed by atoms with E-state index in [-0.39, 0.29) is 18.4 Å². The first-order valence-corrected chi connectivity index (χ1v) is 9.45. The van der Waals surface area contributed by atoms with Crippen LogP contribution < -0.4 is 4.72 Å². The second kappa shape index (κ2) is 7.25. The van der Waals surface area contributed by atoms with E-state index in [1.165, 1.54) is 0 Å². The Kier molecular flexibility index (Phi) is 5.09. The van der Waals surface area contributed by atoms with E-state index in [1.54, 1.807) is 10.9 Å². The number of nitrogens with zero attached hydrogens (tertiary/aromatic N) is 2. The molecule has 1 atom stereocenters. The fourth-order valence-electron chi connectivity index (χ4n) is 2.61. The molecule has 1 aliphatic heterocycles. The SMILES string of the molecule is O=S(=O)(CC1CCCCO1)NCc1cnn(-c2ccccc2)c1. The van der Waals surface area contributed by atoms with Crippen LogP contribution in [0.1, 0.15) is 24.8 Å². The number of para-hydroxylation sites is 1. The lowest BCUT2D eigenvalue weighted by Crippen LogP contribution is -2.34. The highest BCUT2D eigenvalue weighted by Crippen LogP contribution is 2.14. The van der Waals surface area contributed by atoms with Crippen molar-refractivity contribution in [3.63, 3.8) is 0 Å². The number of benzene rings is 1. The van der Waals surface area contributed by atoms with Gasteiger partial charge in [0, 0.05) is 24.9 Å². The van der Waals surface area contributed by atoms with Crippen molar-refractivity contribution < 1.29 is 13.2 Å². The summed E-state index contributed by atoms with van der Waals surface area (Å²) in [5, 5.41) is 4.26. The monoisotopic (exact) mass is 335 g/mol. The summed E-state index contributed by atoms with van der Waals surface area (Å²) in [6.45, 7) is 0.895. The Balaban J connectivity index is 1.56.